The number of hydrogen-bond donors (Lipinski definition) is 1. The van der Waals surface area contributed by atoms with Gasteiger partial charge in [-0.3, -0.25) is 0 Å². The smallest absolute Gasteiger partial charge is 0.161 e. The fraction of sp³-hybridized carbons (Fsp3) is 0.600. The predicted octanol–water partition coefficient (Wildman–Crippen LogP) is 2.98. The summed E-state index contributed by atoms with van der Waals surface area (Å²) in [7, 11) is 3.34. The van der Waals surface area contributed by atoms with Gasteiger partial charge in [0.25, 0.3) is 0 Å². The molecule has 1 aliphatic carbocycles. The quantitative estimate of drug-likeness (QED) is 0.840. The van der Waals surface area contributed by atoms with Crippen LogP contribution in [0, 0.1) is 5.92 Å². The van der Waals surface area contributed by atoms with E-state index in [1.807, 2.05) is 12.1 Å². The van der Waals surface area contributed by atoms with E-state index in [1.54, 1.807) is 14.2 Å². The molecule has 0 aromatic heterocycles. The summed E-state index contributed by atoms with van der Waals surface area (Å²) in [5, 5.41) is 3.54. The first kappa shape index (κ1) is 13.2. The molecule has 0 spiro atoms. The van der Waals surface area contributed by atoms with Crippen molar-refractivity contribution >= 4 is 0 Å². The highest BCUT2D eigenvalue weighted by Crippen LogP contribution is 2.27. The summed E-state index contributed by atoms with van der Waals surface area (Å²) in [6.45, 7) is 2.03. The molecule has 0 saturated heterocycles. The topological polar surface area (TPSA) is 30.5 Å². The van der Waals surface area contributed by atoms with E-state index in [-0.39, 0.29) is 0 Å². The van der Waals surface area contributed by atoms with Crippen molar-refractivity contribution in [1.82, 2.24) is 5.32 Å². The van der Waals surface area contributed by atoms with Crippen LogP contribution in [0.15, 0.2) is 18.2 Å². The van der Waals surface area contributed by atoms with Crippen molar-refractivity contribution < 1.29 is 9.47 Å². The van der Waals surface area contributed by atoms with Gasteiger partial charge >= 0.3 is 0 Å². The summed E-state index contributed by atoms with van der Waals surface area (Å²) < 4.78 is 10.5. The standard InChI is InChI=1S/C15H23NO2/c1-17-14-8-7-13(9-15(14)18-2)11-16-10-12-5-3-4-6-12/h7-9,12,16H,3-6,10-11H2,1-2H3. The predicted molar refractivity (Wildman–Crippen MR) is 73.2 cm³/mol. The van der Waals surface area contributed by atoms with E-state index in [0.29, 0.717) is 0 Å². The minimum Gasteiger partial charge on any atom is -0.493 e. The molecular formula is C15H23NO2. The monoisotopic (exact) mass is 249 g/mol. The first-order chi connectivity index (χ1) is 8.83. The van der Waals surface area contributed by atoms with E-state index in [1.165, 1.54) is 31.2 Å². The van der Waals surface area contributed by atoms with Gasteiger partial charge in [0.1, 0.15) is 0 Å². The van der Waals surface area contributed by atoms with E-state index in [0.717, 1.165) is 30.5 Å². The fourth-order valence-corrected chi connectivity index (χ4v) is 2.63. The van der Waals surface area contributed by atoms with Gasteiger partial charge in [-0.2, -0.15) is 0 Å². The molecule has 0 unspecified atom stereocenters. The molecule has 0 heterocycles. The average Bonchev–Trinajstić information content (AvgIpc) is 2.91. The van der Waals surface area contributed by atoms with Gasteiger partial charge in [0.2, 0.25) is 0 Å². The number of nitrogens with one attached hydrogen (secondary N) is 1. The molecule has 0 atom stereocenters. The first-order valence-electron chi connectivity index (χ1n) is 6.75. The van der Waals surface area contributed by atoms with Crippen molar-refractivity contribution in [2.24, 2.45) is 5.92 Å². The van der Waals surface area contributed by atoms with Crippen LogP contribution in [-0.4, -0.2) is 20.8 Å². The number of hydrogen-bond acceptors (Lipinski definition) is 3. The molecule has 0 amide bonds. The maximum Gasteiger partial charge on any atom is 0.161 e. The van der Waals surface area contributed by atoms with Gasteiger partial charge in [0.15, 0.2) is 11.5 Å². The Bertz CT molecular complexity index is 373. The van der Waals surface area contributed by atoms with Gasteiger partial charge in [-0.25, -0.2) is 0 Å². The number of ether oxygens (including phenoxy) is 2. The van der Waals surface area contributed by atoms with Crippen LogP contribution in [0.3, 0.4) is 0 Å². The lowest BCUT2D eigenvalue weighted by molar-refractivity contribution is 0.354. The molecule has 1 saturated carbocycles. The maximum absolute atomic E-state index is 5.30. The van der Waals surface area contributed by atoms with Crippen molar-refractivity contribution in [3.05, 3.63) is 23.8 Å². The highest BCUT2D eigenvalue weighted by molar-refractivity contribution is 5.42. The molecule has 18 heavy (non-hydrogen) atoms. The second-order valence-electron chi connectivity index (χ2n) is 4.97. The highest BCUT2D eigenvalue weighted by atomic mass is 16.5. The van der Waals surface area contributed by atoms with Crippen LogP contribution in [0.5, 0.6) is 11.5 Å². The van der Waals surface area contributed by atoms with Crippen LogP contribution >= 0.6 is 0 Å². The van der Waals surface area contributed by atoms with Crippen LogP contribution in [0.2, 0.25) is 0 Å². The maximum atomic E-state index is 5.30. The average molecular weight is 249 g/mol. The van der Waals surface area contributed by atoms with Crippen molar-refractivity contribution in [2.45, 2.75) is 32.2 Å². The fourth-order valence-electron chi connectivity index (χ4n) is 2.63. The molecule has 0 radical (unpaired) electrons. The lowest BCUT2D eigenvalue weighted by Gasteiger charge is -2.12. The van der Waals surface area contributed by atoms with Crippen LogP contribution in [-0.2, 0) is 6.54 Å². The van der Waals surface area contributed by atoms with Gasteiger partial charge in [0.05, 0.1) is 14.2 Å². The van der Waals surface area contributed by atoms with Crippen molar-refractivity contribution in [3.63, 3.8) is 0 Å². The SMILES string of the molecule is COc1ccc(CNCC2CCCC2)cc1OC. The summed E-state index contributed by atoms with van der Waals surface area (Å²) in [5.41, 5.74) is 1.24. The molecule has 100 valence electrons. The summed E-state index contributed by atoms with van der Waals surface area (Å²) >= 11 is 0. The summed E-state index contributed by atoms with van der Waals surface area (Å²) in [6.07, 6.45) is 5.59. The molecule has 3 heteroatoms. The molecule has 0 aliphatic heterocycles. The number of benzene rings is 1. The zero-order chi connectivity index (χ0) is 12.8. The van der Waals surface area contributed by atoms with Crippen LogP contribution in [0.1, 0.15) is 31.2 Å². The van der Waals surface area contributed by atoms with Crippen molar-refractivity contribution in [1.29, 1.82) is 0 Å². The zero-order valence-corrected chi connectivity index (χ0v) is 11.4. The molecule has 0 bridgehead atoms. The molecule has 1 aliphatic rings. The Kier molecular flexibility index (Phi) is 4.88. The van der Waals surface area contributed by atoms with Gasteiger partial charge in [-0.1, -0.05) is 18.9 Å². The highest BCUT2D eigenvalue weighted by Gasteiger charge is 2.14. The van der Waals surface area contributed by atoms with Gasteiger partial charge in [-0.05, 0) is 43.0 Å². The molecule has 1 aromatic carbocycles. The Balaban J connectivity index is 1.84. The van der Waals surface area contributed by atoms with E-state index in [4.69, 9.17) is 9.47 Å². The third kappa shape index (κ3) is 3.39. The number of rotatable bonds is 6. The van der Waals surface area contributed by atoms with Crippen molar-refractivity contribution in [2.75, 3.05) is 20.8 Å². The third-order valence-electron chi connectivity index (χ3n) is 3.68. The summed E-state index contributed by atoms with van der Waals surface area (Å²) in [5.74, 6) is 2.47. The lowest BCUT2D eigenvalue weighted by Crippen LogP contribution is -2.20. The van der Waals surface area contributed by atoms with E-state index in [9.17, 15) is 0 Å². The minimum atomic E-state index is 0.789. The van der Waals surface area contributed by atoms with Crippen molar-refractivity contribution in [3.8, 4) is 11.5 Å². The summed E-state index contributed by atoms with van der Waals surface area (Å²) in [6, 6.07) is 6.09. The molecular weight excluding hydrogens is 226 g/mol. The van der Waals surface area contributed by atoms with E-state index in [2.05, 4.69) is 11.4 Å². The van der Waals surface area contributed by atoms with Gasteiger partial charge in [-0.15, -0.1) is 0 Å². The van der Waals surface area contributed by atoms with E-state index < -0.39 is 0 Å². The normalized spacial score (nSPS) is 15.9. The van der Waals surface area contributed by atoms with Crippen LogP contribution < -0.4 is 14.8 Å². The van der Waals surface area contributed by atoms with Crippen LogP contribution in [0.25, 0.3) is 0 Å². The number of methoxy groups -OCH3 is 2. The summed E-state index contributed by atoms with van der Waals surface area (Å²) in [4.78, 5) is 0. The second-order valence-corrected chi connectivity index (χ2v) is 4.97. The second kappa shape index (κ2) is 6.64. The molecule has 1 N–H and O–H groups in total. The third-order valence-corrected chi connectivity index (χ3v) is 3.68. The minimum absolute atomic E-state index is 0.789. The van der Waals surface area contributed by atoms with Crippen LogP contribution in [0.4, 0.5) is 0 Å². The largest absolute Gasteiger partial charge is 0.493 e. The molecule has 3 nitrogen and oxygen atoms in total. The van der Waals surface area contributed by atoms with Gasteiger partial charge < -0.3 is 14.8 Å². The Morgan fingerprint density at radius 1 is 1.11 bits per heavy atom. The molecule has 1 aromatic rings. The van der Waals surface area contributed by atoms with Gasteiger partial charge in [0, 0.05) is 6.54 Å². The van der Waals surface area contributed by atoms with E-state index >= 15 is 0 Å². The zero-order valence-electron chi connectivity index (χ0n) is 11.4. The Labute approximate surface area is 109 Å². The molecule has 1 fully saturated rings. The first-order valence-corrected chi connectivity index (χ1v) is 6.75. The Morgan fingerprint density at radius 3 is 2.50 bits per heavy atom. The molecule has 2 rings (SSSR count). The Hall–Kier alpha value is -1.22. The lowest BCUT2D eigenvalue weighted by atomic mass is 10.1. The Morgan fingerprint density at radius 2 is 1.83 bits per heavy atom.